The van der Waals surface area contributed by atoms with Crippen molar-refractivity contribution < 1.29 is 28.6 Å². The molecule has 1 fully saturated rings. The van der Waals surface area contributed by atoms with Crippen molar-refractivity contribution in [1.82, 2.24) is 4.90 Å². The van der Waals surface area contributed by atoms with Gasteiger partial charge in [0.15, 0.2) is 11.5 Å². The van der Waals surface area contributed by atoms with E-state index in [2.05, 4.69) is 5.32 Å². The Morgan fingerprint density at radius 1 is 1.17 bits per heavy atom. The molecular weight excluding hydrogens is 520 g/mol. The number of nitrogens with zero attached hydrogens (tertiary/aromatic N) is 1. The lowest BCUT2D eigenvalue weighted by molar-refractivity contribution is -0.126. The van der Waals surface area contributed by atoms with E-state index in [4.69, 9.17) is 26.4 Å². The van der Waals surface area contributed by atoms with E-state index in [1.165, 1.54) is 23.3 Å². The van der Waals surface area contributed by atoms with E-state index in [1.807, 2.05) is 0 Å². The zero-order valence-corrected chi connectivity index (χ0v) is 22.6. The topological polar surface area (TPSA) is 94.2 Å². The van der Waals surface area contributed by atoms with Gasteiger partial charge in [-0.05, 0) is 61.9 Å². The molecule has 8 nitrogen and oxygen atoms in total. The lowest BCUT2D eigenvalue weighted by Gasteiger charge is -2.14. The molecule has 0 bridgehead atoms. The fraction of sp³-hybridized carbons (Fsp3) is 0.360. The number of carbonyl (C=O) groups excluding carboxylic acids is 3. The Bertz CT molecular complexity index is 1250. The summed E-state index contributed by atoms with van der Waals surface area (Å²) in [5.74, 6) is -0.0991. The lowest BCUT2D eigenvalue weighted by Crippen LogP contribution is -2.36. The van der Waals surface area contributed by atoms with Crippen LogP contribution in [0.2, 0.25) is 0 Å². The molecule has 4 rings (SSSR count). The number of rotatable bonds is 8. The highest BCUT2D eigenvalue weighted by Gasteiger charge is 2.34. The van der Waals surface area contributed by atoms with E-state index in [9.17, 15) is 14.4 Å². The standard InChI is InChI=1S/C25H26N2O6S3/c1-4-33-24(30)21-15-7-5-6-8-18(15)35-22(21)26-20(28)13-27-23(29)19(36-25(27)34)12-14-9-10-16(31-2)17(11-14)32-3/h9-12H,4-8,13H2,1-3H3,(H,26,28)/b19-12-. The molecular formula is C25H26N2O6S3. The van der Waals surface area contributed by atoms with Crippen LogP contribution in [0.1, 0.15) is 46.1 Å². The average Bonchev–Trinajstić information content (AvgIpc) is 3.35. The van der Waals surface area contributed by atoms with Gasteiger partial charge in [-0.1, -0.05) is 30.0 Å². The molecule has 0 spiro atoms. The molecule has 1 aliphatic carbocycles. The van der Waals surface area contributed by atoms with Gasteiger partial charge in [0.25, 0.3) is 5.91 Å². The highest BCUT2D eigenvalue weighted by atomic mass is 32.2. The average molecular weight is 547 g/mol. The molecule has 1 saturated heterocycles. The predicted molar refractivity (Wildman–Crippen MR) is 145 cm³/mol. The number of hydrogen-bond donors (Lipinski definition) is 1. The third kappa shape index (κ3) is 5.42. The van der Waals surface area contributed by atoms with Crippen molar-refractivity contribution in [1.29, 1.82) is 0 Å². The van der Waals surface area contributed by atoms with Gasteiger partial charge in [-0.25, -0.2) is 4.79 Å². The van der Waals surface area contributed by atoms with Crippen molar-refractivity contribution in [3.05, 3.63) is 44.7 Å². The molecule has 0 unspecified atom stereocenters. The number of ether oxygens (including phenoxy) is 3. The van der Waals surface area contributed by atoms with Gasteiger partial charge in [-0.3, -0.25) is 14.5 Å². The van der Waals surface area contributed by atoms with E-state index in [1.54, 1.807) is 38.3 Å². The zero-order chi connectivity index (χ0) is 25.8. The van der Waals surface area contributed by atoms with Gasteiger partial charge in [0.2, 0.25) is 5.91 Å². The Kier molecular flexibility index (Phi) is 8.32. The van der Waals surface area contributed by atoms with Gasteiger partial charge in [0.1, 0.15) is 15.9 Å². The predicted octanol–water partition coefficient (Wildman–Crippen LogP) is 4.66. The first-order chi connectivity index (χ1) is 17.4. The molecule has 11 heteroatoms. The van der Waals surface area contributed by atoms with Crippen molar-refractivity contribution in [2.75, 3.05) is 32.7 Å². The summed E-state index contributed by atoms with van der Waals surface area (Å²) in [6, 6.07) is 5.31. The van der Waals surface area contributed by atoms with Gasteiger partial charge in [-0.2, -0.15) is 0 Å². The van der Waals surface area contributed by atoms with Gasteiger partial charge in [0, 0.05) is 4.88 Å². The fourth-order valence-electron chi connectivity index (χ4n) is 4.11. The number of fused-ring (bicyclic) bond motifs is 1. The number of thioether (sulfide) groups is 1. The largest absolute Gasteiger partial charge is 0.493 e. The maximum Gasteiger partial charge on any atom is 0.341 e. The van der Waals surface area contributed by atoms with Gasteiger partial charge < -0.3 is 19.5 Å². The van der Waals surface area contributed by atoms with Crippen LogP contribution in [0.5, 0.6) is 11.5 Å². The summed E-state index contributed by atoms with van der Waals surface area (Å²) in [4.78, 5) is 41.4. The van der Waals surface area contributed by atoms with E-state index in [0.29, 0.717) is 27.0 Å². The number of anilines is 1. The van der Waals surface area contributed by atoms with Crippen molar-refractivity contribution >= 4 is 68.5 Å². The number of esters is 1. The number of aryl methyl sites for hydroxylation is 1. The quantitative estimate of drug-likeness (QED) is 0.290. The van der Waals surface area contributed by atoms with Crippen LogP contribution in [0, 0.1) is 0 Å². The summed E-state index contributed by atoms with van der Waals surface area (Å²) < 4.78 is 16.1. The smallest absolute Gasteiger partial charge is 0.341 e. The monoisotopic (exact) mass is 546 g/mol. The molecule has 0 radical (unpaired) electrons. The molecule has 1 aromatic carbocycles. The molecule has 1 aromatic heterocycles. The Morgan fingerprint density at radius 3 is 2.64 bits per heavy atom. The molecule has 2 aliphatic rings. The second kappa shape index (κ2) is 11.4. The van der Waals surface area contributed by atoms with Crippen molar-refractivity contribution in [3.63, 3.8) is 0 Å². The number of thiocarbonyl (C=S) groups is 1. The van der Waals surface area contributed by atoms with Crippen molar-refractivity contribution in [3.8, 4) is 11.5 Å². The molecule has 0 saturated carbocycles. The highest BCUT2D eigenvalue weighted by Crippen LogP contribution is 2.39. The normalized spacial score (nSPS) is 16.2. The minimum atomic E-state index is -0.435. The van der Waals surface area contributed by atoms with Gasteiger partial charge in [-0.15, -0.1) is 11.3 Å². The molecule has 2 aromatic rings. The Hall–Kier alpha value is -2.89. The number of thiophene rings is 1. The number of benzene rings is 1. The number of methoxy groups -OCH3 is 2. The SMILES string of the molecule is CCOC(=O)c1c(NC(=O)CN2C(=O)/C(=C/c3ccc(OC)c(OC)c3)SC2=S)sc2c1CCCC2. The van der Waals surface area contributed by atoms with Crippen LogP contribution in [-0.4, -0.2) is 54.4 Å². The fourth-order valence-corrected chi connectivity index (χ4v) is 6.66. The van der Waals surface area contributed by atoms with Crippen LogP contribution in [0.4, 0.5) is 5.00 Å². The summed E-state index contributed by atoms with van der Waals surface area (Å²) in [7, 11) is 3.09. The van der Waals surface area contributed by atoms with E-state index in [0.717, 1.165) is 53.4 Å². The third-order valence-electron chi connectivity index (χ3n) is 5.78. The molecule has 2 heterocycles. The zero-order valence-electron chi connectivity index (χ0n) is 20.2. The number of nitrogens with one attached hydrogen (secondary N) is 1. The van der Waals surface area contributed by atoms with Crippen molar-refractivity contribution in [2.24, 2.45) is 0 Å². The maximum atomic E-state index is 13.0. The van der Waals surface area contributed by atoms with Crippen LogP contribution in [-0.2, 0) is 27.2 Å². The lowest BCUT2D eigenvalue weighted by atomic mass is 9.95. The molecule has 0 atom stereocenters. The summed E-state index contributed by atoms with van der Waals surface area (Å²) in [5, 5.41) is 3.30. The van der Waals surface area contributed by atoms with Crippen LogP contribution < -0.4 is 14.8 Å². The summed E-state index contributed by atoms with van der Waals surface area (Å²) >= 11 is 7.92. The first-order valence-electron chi connectivity index (χ1n) is 11.4. The maximum absolute atomic E-state index is 13.0. The molecule has 36 heavy (non-hydrogen) atoms. The van der Waals surface area contributed by atoms with Crippen LogP contribution in [0.25, 0.3) is 6.08 Å². The van der Waals surface area contributed by atoms with E-state index >= 15 is 0 Å². The Morgan fingerprint density at radius 2 is 1.92 bits per heavy atom. The number of carbonyl (C=O) groups is 3. The molecule has 2 amide bonds. The Labute approximate surface area is 223 Å². The van der Waals surface area contributed by atoms with Crippen molar-refractivity contribution in [2.45, 2.75) is 32.6 Å². The number of amides is 2. The van der Waals surface area contributed by atoms with Gasteiger partial charge >= 0.3 is 5.97 Å². The summed E-state index contributed by atoms with van der Waals surface area (Å²) in [6.07, 6.45) is 5.40. The first-order valence-corrected chi connectivity index (χ1v) is 13.5. The molecule has 190 valence electrons. The third-order valence-corrected chi connectivity index (χ3v) is 8.37. The van der Waals surface area contributed by atoms with Crippen LogP contribution in [0.15, 0.2) is 23.1 Å². The Balaban J connectivity index is 1.50. The highest BCUT2D eigenvalue weighted by molar-refractivity contribution is 8.26. The van der Waals surface area contributed by atoms with E-state index in [-0.39, 0.29) is 23.4 Å². The second-order valence-corrected chi connectivity index (χ2v) is 10.8. The number of hydrogen-bond acceptors (Lipinski definition) is 9. The summed E-state index contributed by atoms with van der Waals surface area (Å²) in [5.41, 5.74) is 2.13. The van der Waals surface area contributed by atoms with Gasteiger partial charge in [0.05, 0.1) is 31.3 Å². The van der Waals surface area contributed by atoms with Crippen LogP contribution in [0.3, 0.4) is 0 Å². The van der Waals surface area contributed by atoms with E-state index < -0.39 is 11.9 Å². The molecule has 1 N–H and O–H groups in total. The minimum absolute atomic E-state index is 0.250. The molecule has 1 aliphatic heterocycles. The second-order valence-electron chi connectivity index (χ2n) is 8.07. The first kappa shape index (κ1) is 26.2. The minimum Gasteiger partial charge on any atom is -0.493 e. The summed E-state index contributed by atoms with van der Waals surface area (Å²) in [6.45, 7) is 1.75. The van der Waals surface area contributed by atoms with Crippen LogP contribution >= 0.6 is 35.3 Å².